The Morgan fingerprint density at radius 3 is 2.80 bits per heavy atom. The van der Waals surface area contributed by atoms with Crippen molar-refractivity contribution < 1.29 is 9.18 Å². The Bertz CT molecular complexity index is 880. The van der Waals surface area contributed by atoms with Crippen molar-refractivity contribution in [2.24, 2.45) is 0 Å². The van der Waals surface area contributed by atoms with Crippen molar-refractivity contribution in [1.82, 2.24) is 25.1 Å². The van der Waals surface area contributed by atoms with Gasteiger partial charge in [-0.3, -0.25) is 4.79 Å². The molecule has 0 aliphatic rings. The number of nitrogens with one attached hydrogen (secondary N) is 1. The van der Waals surface area contributed by atoms with E-state index in [-0.39, 0.29) is 23.5 Å². The first kappa shape index (κ1) is 17.3. The molecule has 25 heavy (non-hydrogen) atoms. The van der Waals surface area contributed by atoms with Crippen LogP contribution in [0.1, 0.15) is 20.3 Å². The summed E-state index contributed by atoms with van der Waals surface area (Å²) >= 11 is 1.34. The fourth-order valence-corrected chi connectivity index (χ4v) is 3.03. The monoisotopic (exact) mass is 359 g/mol. The van der Waals surface area contributed by atoms with Crippen LogP contribution in [0.5, 0.6) is 0 Å². The molecule has 0 aliphatic heterocycles. The van der Waals surface area contributed by atoms with Gasteiger partial charge in [0.25, 0.3) is 0 Å². The first-order chi connectivity index (χ1) is 12.1. The maximum absolute atomic E-state index is 13.1. The molecule has 1 amide bonds. The molecule has 0 bridgehead atoms. The van der Waals surface area contributed by atoms with Crippen molar-refractivity contribution in [3.63, 3.8) is 0 Å². The number of fused-ring (bicyclic) bond motifs is 1. The molecule has 0 saturated carbocycles. The summed E-state index contributed by atoms with van der Waals surface area (Å²) < 4.78 is 14.7. The second-order valence-corrected chi connectivity index (χ2v) is 6.58. The van der Waals surface area contributed by atoms with Gasteiger partial charge in [0.2, 0.25) is 5.91 Å². The van der Waals surface area contributed by atoms with Crippen LogP contribution in [0.15, 0.2) is 41.8 Å². The lowest BCUT2D eigenvalue weighted by atomic mass is 10.3. The van der Waals surface area contributed by atoms with Crippen LogP contribution in [0, 0.1) is 5.82 Å². The van der Waals surface area contributed by atoms with E-state index in [1.165, 1.54) is 30.2 Å². The van der Waals surface area contributed by atoms with Gasteiger partial charge in [-0.25, -0.2) is 19.0 Å². The van der Waals surface area contributed by atoms with Crippen LogP contribution < -0.4 is 5.32 Å². The lowest BCUT2D eigenvalue weighted by molar-refractivity contribution is -0.119. The van der Waals surface area contributed by atoms with Crippen LogP contribution in [0.4, 0.5) is 4.39 Å². The number of benzene rings is 1. The molecule has 0 spiro atoms. The Morgan fingerprint density at radius 1 is 1.32 bits per heavy atom. The molecule has 6 nitrogen and oxygen atoms in total. The number of carbonyl (C=O) groups is 1. The highest BCUT2D eigenvalue weighted by molar-refractivity contribution is 8.00. The third-order valence-corrected chi connectivity index (χ3v) is 4.77. The van der Waals surface area contributed by atoms with Gasteiger partial charge >= 0.3 is 0 Å². The zero-order valence-electron chi connectivity index (χ0n) is 13.9. The third-order valence-electron chi connectivity index (χ3n) is 3.76. The molecule has 0 saturated heterocycles. The number of carbonyl (C=O) groups excluding carboxylic acids is 1. The van der Waals surface area contributed by atoms with E-state index in [4.69, 9.17) is 0 Å². The Hall–Kier alpha value is -2.48. The van der Waals surface area contributed by atoms with Crippen molar-refractivity contribution in [1.29, 1.82) is 0 Å². The summed E-state index contributed by atoms with van der Waals surface area (Å²) in [6.45, 7) is 3.99. The summed E-state index contributed by atoms with van der Waals surface area (Å²) in [6.07, 6.45) is 3.99. The lowest BCUT2D eigenvalue weighted by Gasteiger charge is -2.10. The molecule has 3 rings (SSSR count). The average molecular weight is 359 g/mol. The van der Waals surface area contributed by atoms with Crippen LogP contribution in [0.3, 0.4) is 0 Å². The number of thioether (sulfide) groups is 1. The minimum Gasteiger partial charge on any atom is -0.353 e. The fraction of sp³-hybridized carbons (Fsp3) is 0.294. The van der Waals surface area contributed by atoms with Gasteiger partial charge in [0.1, 0.15) is 17.2 Å². The van der Waals surface area contributed by atoms with E-state index in [0.717, 1.165) is 11.8 Å². The van der Waals surface area contributed by atoms with E-state index in [2.05, 4.69) is 20.4 Å². The Kier molecular flexibility index (Phi) is 5.28. The smallest absolute Gasteiger partial charge is 0.230 e. The van der Waals surface area contributed by atoms with Gasteiger partial charge in [-0.2, -0.15) is 5.10 Å². The Labute approximate surface area is 148 Å². The van der Waals surface area contributed by atoms with Gasteiger partial charge in [-0.1, -0.05) is 18.7 Å². The van der Waals surface area contributed by atoms with Gasteiger partial charge in [-0.05, 0) is 37.6 Å². The van der Waals surface area contributed by atoms with Gasteiger partial charge in [0, 0.05) is 6.04 Å². The quantitative estimate of drug-likeness (QED) is 0.541. The molecule has 130 valence electrons. The number of halogens is 1. The molecule has 0 unspecified atom stereocenters. The fourth-order valence-electron chi connectivity index (χ4n) is 2.26. The lowest BCUT2D eigenvalue weighted by Crippen LogP contribution is -2.33. The largest absolute Gasteiger partial charge is 0.353 e. The molecule has 1 N–H and O–H groups in total. The van der Waals surface area contributed by atoms with Crippen molar-refractivity contribution in [2.45, 2.75) is 31.3 Å². The van der Waals surface area contributed by atoms with Crippen LogP contribution in [0.2, 0.25) is 0 Å². The van der Waals surface area contributed by atoms with Crippen LogP contribution in [-0.4, -0.2) is 37.5 Å². The van der Waals surface area contributed by atoms with E-state index in [1.54, 1.807) is 23.0 Å². The highest BCUT2D eigenvalue weighted by Gasteiger charge is 2.13. The minimum absolute atomic E-state index is 0.0305. The normalized spacial score (nSPS) is 12.3. The molecule has 0 aliphatic carbocycles. The van der Waals surface area contributed by atoms with Crippen LogP contribution in [-0.2, 0) is 4.79 Å². The van der Waals surface area contributed by atoms with Crippen molar-refractivity contribution >= 4 is 28.7 Å². The summed E-state index contributed by atoms with van der Waals surface area (Å²) in [5.41, 5.74) is 1.33. The average Bonchev–Trinajstić information content (AvgIpc) is 3.05. The number of rotatable bonds is 6. The Balaban J connectivity index is 1.81. The van der Waals surface area contributed by atoms with Gasteiger partial charge in [0.05, 0.1) is 23.0 Å². The zero-order valence-corrected chi connectivity index (χ0v) is 14.8. The second-order valence-electron chi connectivity index (χ2n) is 5.61. The first-order valence-corrected chi connectivity index (χ1v) is 8.94. The van der Waals surface area contributed by atoms with E-state index in [9.17, 15) is 9.18 Å². The topological polar surface area (TPSA) is 72.7 Å². The number of hydrogen-bond donors (Lipinski definition) is 1. The van der Waals surface area contributed by atoms with Crippen LogP contribution in [0.25, 0.3) is 16.7 Å². The molecule has 0 radical (unpaired) electrons. The van der Waals surface area contributed by atoms with Crippen molar-refractivity contribution in [3.8, 4) is 5.69 Å². The molecule has 1 atom stereocenters. The van der Waals surface area contributed by atoms with Crippen LogP contribution >= 0.6 is 11.8 Å². The highest BCUT2D eigenvalue weighted by Crippen LogP contribution is 2.25. The summed E-state index contributed by atoms with van der Waals surface area (Å²) in [6, 6.07) is 6.17. The SMILES string of the molecule is CC[C@@H](C)NC(=O)CSc1ncnc2c1cnn2-c1ccc(F)cc1. The number of aromatic nitrogens is 4. The second kappa shape index (κ2) is 7.60. The number of hydrogen-bond acceptors (Lipinski definition) is 5. The van der Waals surface area contributed by atoms with Crippen molar-refractivity contribution in [2.75, 3.05) is 5.75 Å². The molecule has 3 aromatic rings. The maximum atomic E-state index is 13.1. The first-order valence-electron chi connectivity index (χ1n) is 7.95. The van der Waals surface area contributed by atoms with E-state index in [0.29, 0.717) is 16.4 Å². The van der Waals surface area contributed by atoms with Gasteiger partial charge in [0.15, 0.2) is 5.65 Å². The highest BCUT2D eigenvalue weighted by atomic mass is 32.2. The number of amides is 1. The molecular formula is C17H18FN5OS. The molecule has 2 heterocycles. The summed E-state index contributed by atoms with van der Waals surface area (Å²) in [7, 11) is 0. The van der Waals surface area contributed by atoms with E-state index >= 15 is 0 Å². The number of nitrogens with zero attached hydrogens (tertiary/aromatic N) is 4. The summed E-state index contributed by atoms with van der Waals surface area (Å²) in [4.78, 5) is 20.5. The van der Waals surface area contributed by atoms with E-state index in [1.807, 2.05) is 13.8 Å². The molecule has 0 fully saturated rings. The summed E-state index contributed by atoms with van der Waals surface area (Å²) in [5.74, 6) is -0.0616. The zero-order chi connectivity index (χ0) is 17.8. The van der Waals surface area contributed by atoms with Crippen molar-refractivity contribution in [3.05, 3.63) is 42.6 Å². The van der Waals surface area contributed by atoms with E-state index < -0.39 is 0 Å². The Morgan fingerprint density at radius 2 is 2.08 bits per heavy atom. The molecule has 1 aromatic carbocycles. The summed E-state index contributed by atoms with van der Waals surface area (Å²) in [5, 5.41) is 8.70. The third kappa shape index (κ3) is 3.96. The predicted octanol–water partition coefficient (Wildman–Crippen LogP) is 2.96. The molecule has 2 aromatic heterocycles. The van der Waals surface area contributed by atoms with Gasteiger partial charge in [-0.15, -0.1) is 0 Å². The van der Waals surface area contributed by atoms with Gasteiger partial charge < -0.3 is 5.32 Å². The standard InChI is InChI=1S/C17H18FN5OS/c1-3-11(2)22-15(24)9-25-17-14-8-21-23(16(14)19-10-20-17)13-6-4-12(18)5-7-13/h4-8,10-11H,3,9H2,1-2H3,(H,22,24)/t11-/m1/s1. The molecular weight excluding hydrogens is 341 g/mol. The predicted molar refractivity (Wildman–Crippen MR) is 95.2 cm³/mol. The maximum Gasteiger partial charge on any atom is 0.230 e. The molecule has 8 heteroatoms. The minimum atomic E-state index is -0.307.